The monoisotopic (exact) mass is 390 g/mol. The number of aromatic nitrogens is 2. The van der Waals surface area contributed by atoms with Crippen LogP contribution < -0.4 is 15.0 Å². The molecular formula is C21H18N4O4. The summed E-state index contributed by atoms with van der Waals surface area (Å²) < 4.78 is 10.5. The number of cyclic esters (lactones) is 1. The maximum atomic E-state index is 12.6. The predicted molar refractivity (Wildman–Crippen MR) is 106 cm³/mol. The molecule has 2 amide bonds. The van der Waals surface area contributed by atoms with E-state index in [2.05, 4.69) is 15.3 Å². The van der Waals surface area contributed by atoms with Crippen LogP contribution in [0, 0.1) is 6.92 Å². The molecule has 1 fully saturated rings. The molecule has 0 unspecified atom stereocenters. The van der Waals surface area contributed by atoms with Crippen LogP contribution >= 0.6 is 0 Å². The first kappa shape index (κ1) is 18.4. The first-order chi connectivity index (χ1) is 14.1. The molecular weight excluding hydrogens is 372 g/mol. The van der Waals surface area contributed by atoms with Crippen molar-refractivity contribution in [2.45, 2.75) is 6.92 Å². The van der Waals surface area contributed by atoms with Crippen molar-refractivity contribution in [2.24, 2.45) is 0 Å². The Morgan fingerprint density at radius 2 is 1.90 bits per heavy atom. The fraction of sp³-hybridized carbons (Fsp3) is 0.143. The SMILES string of the molecule is Cc1cc(Oc2ncccn2)ccc1NC(=O)c1ccc(N2CCOC2=O)cc1. The molecule has 1 N–H and O–H groups in total. The van der Waals surface area contributed by atoms with Crippen molar-refractivity contribution in [3.8, 4) is 11.8 Å². The molecule has 1 aliphatic rings. The number of amides is 2. The third-order valence-corrected chi connectivity index (χ3v) is 4.40. The van der Waals surface area contributed by atoms with E-state index in [0.717, 1.165) is 5.56 Å². The predicted octanol–water partition coefficient (Wildman–Crippen LogP) is 3.79. The van der Waals surface area contributed by atoms with Crippen molar-refractivity contribution < 1.29 is 19.1 Å². The van der Waals surface area contributed by atoms with Gasteiger partial charge in [0.15, 0.2) is 0 Å². The maximum absolute atomic E-state index is 12.6. The van der Waals surface area contributed by atoms with Crippen molar-refractivity contribution in [1.82, 2.24) is 9.97 Å². The Morgan fingerprint density at radius 3 is 2.55 bits per heavy atom. The minimum Gasteiger partial charge on any atom is -0.447 e. The summed E-state index contributed by atoms with van der Waals surface area (Å²) in [5.41, 5.74) is 2.69. The van der Waals surface area contributed by atoms with Crippen LogP contribution in [0.25, 0.3) is 0 Å². The number of hydrogen-bond acceptors (Lipinski definition) is 6. The summed E-state index contributed by atoms with van der Waals surface area (Å²) in [5, 5.41) is 2.88. The van der Waals surface area contributed by atoms with Crippen molar-refractivity contribution in [1.29, 1.82) is 0 Å². The summed E-state index contributed by atoms with van der Waals surface area (Å²) in [6, 6.07) is 14.1. The second-order valence-electron chi connectivity index (χ2n) is 6.38. The van der Waals surface area contributed by atoms with Gasteiger partial charge in [0.25, 0.3) is 5.91 Å². The quantitative estimate of drug-likeness (QED) is 0.712. The summed E-state index contributed by atoms with van der Waals surface area (Å²) >= 11 is 0. The van der Waals surface area contributed by atoms with Gasteiger partial charge in [-0.2, -0.15) is 0 Å². The van der Waals surface area contributed by atoms with E-state index in [1.165, 1.54) is 4.90 Å². The Labute approximate surface area is 167 Å². The number of aryl methyl sites for hydroxylation is 1. The number of ether oxygens (including phenoxy) is 2. The molecule has 0 radical (unpaired) electrons. The lowest BCUT2D eigenvalue weighted by atomic mass is 10.1. The average molecular weight is 390 g/mol. The fourth-order valence-electron chi connectivity index (χ4n) is 2.90. The lowest BCUT2D eigenvalue weighted by Gasteiger charge is -2.13. The van der Waals surface area contributed by atoms with Crippen LogP contribution in [-0.4, -0.2) is 35.1 Å². The summed E-state index contributed by atoms with van der Waals surface area (Å²) in [7, 11) is 0. The molecule has 1 saturated heterocycles. The molecule has 1 aliphatic heterocycles. The Balaban J connectivity index is 1.43. The third kappa shape index (κ3) is 4.16. The van der Waals surface area contributed by atoms with Crippen molar-refractivity contribution in [2.75, 3.05) is 23.4 Å². The smallest absolute Gasteiger partial charge is 0.414 e. The van der Waals surface area contributed by atoms with Gasteiger partial charge in [-0.3, -0.25) is 9.69 Å². The summed E-state index contributed by atoms with van der Waals surface area (Å²) in [6.07, 6.45) is 2.82. The van der Waals surface area contributed by atoms with E-state index in [-0.39, 0.29) is 18.0 Å². The minimum absolute atomic E-state index is 0.247. The number of carbonyl (C=O) groups excluding carboxylic acids is 2. The largest absolute Gasteiger partial charge is 0.447 e. The van der Waals surface area contributed by atoms with Gasteiger partial charge in [0, 0.05) is 29.3 Å². The Morgan fingerprint density at radius 1 is 1.14 bits per heavy atom. The molecule has 0 saturated carbocycles. The molecule has 0 aliphatic carbocycles. The van der Waals surface area contributed by atoms with E-state index in [4.69, 9.17) is 9.47 Å². The van der Waals surface area contributed by atoms with Crippen molar-refractivity contribution in [3.05, 3.63) is 72.1 Å². The Hall–Kier alpha value is -3.94. The normalized spacial score (nSPS) is 13.1. The van der Waals surface area contributed by atoms with E-state index < -0.39 is 0 Å². The number of rotatable bonds is 5. The molecule has 4 rings (SSSR count). The van der Waals surface area contributed by atoms with Gasteiger partial charge in [-0.05, 0) is 61.0 Å². The van der Waals surface area contributed by atoms with Crippen LogP contribution in [0.1, 0.15) is 15.9 Å². The van der Waals surface area contributed by atoms with Crippen LogP contribution in [-0.2, 0) is 4.74 Å². The first-order valence-electron chi connectivity index (χ1n) is 9.01. The fourth-order valence-corrected chi connectivity index (χ4v) is 2.90. The molecule has 0 spiro atoms. The highest BCUT2D eigenvalue weighted by Gasteiger charge is 2.23. The molecule has 0 bridgehead atoms. The van der Waals surface area contributed by atoms with Crippen LogP contribution in [0.2, 0.25) is 0 Å². The van der Waals surface area contributed by atoms with Crippen molar-refractivity contribution in [3.63, 3.8) is 0 Å². The van der Waals surface area contributed by atoms with Gasteiger partial charge in [-0.1, -0.05) is 0 Å². The number of nitrogens with one attached hydrogen (secondary N) is 1. The summed E-state index contributed by atoms with van der Waals surface area (Å²) in [4.78, 5) is 33.8. The van der Waals surface area contributed by atoms with Gasteiger partial charge in [0.05, 0.1) is 6.54 Å². The molecule has 146 valence electrons. The van der Waals surface area contributed by atoms with Crippen LogP contribution in [0.15, 0.2) is 60.9 Å². The van der Waals surface area contributed by atoms with Gasteiger partial charge in [0.2, 0.25) is 0 Å². The number of benzene rings is 2. The molecule has 1 aromatic heterocycles. The number of nitrogens with zero attached hydrogens (tertiary/aromatic N) is 3. The average Bonchev–Trinajstić information content (AvgIpc) is 3.17. The minimum atomic E-state index is -0.374. The van der Waals surface area contributed by atoms with E-state index in [1.54, 1.807) is 60.9 Å². The zero-order chi connectivity index (χ0) is 20.2. The Bertz CT molecular complexity index is 1040. The molecule has 2 heterocycles. The zero-order valence-corrected chi connectivity index (χ0v) is 15.7. The Kier molecular flexibility index (Phi) is 5.07. The lowest BCUT2D eigenvalue weighted by Crippen LogP contribution is -2.23. The maximum Gasteiger partial charge on any atom is 0.414 e. The highest BCUT2D eigenvalue weighted by atomic mass is 16.6. The van der Waals surface area contributed by atoms with Gasteiger partial charge >= 0.3 is 12.1 Å². The molecule has 3 aromatic rings. The second kappa shape index (κ2) is 7.97. The zero-order valence-electron chi connectivity index (χ0n) is 15.7. The number of hydrogen-bond donors (Lipinski definition) is 1. The molecule has 2 aromatic carbocycles. The van der Waals surface area contributed by atoms with Gasteiger partial charge in [0.1, 0.15) is 12.4 Å². The van der Waals surface area contributed by atoms with E-state index in [0.29, 0.717) is 35.8 Å². The van der Waals surface area contributed by atoms with Crippen LogP contribution in [0.3, 0.4) is 0 Å². The molecule has 0 atom stereocenters. The topological polar surface area (TPSA) is 93.7 Å². The highest BCUT2D eigenvalue weighted by molar-refractivity contribution is 6.05. The highest BCUT2D eigenvalue weighted by Crippen LogP contribution is 2.25. The number of anilines is 2. The standard InChI is InChI=1S/C21H18N4O4/c1-14-13-17(29-20-22-9-2-10-23-20)7-8-18(14)24-19(26)15-3-5-16(6-4-15)25-11-12-28-21(25)27/h2-10,13H,11-12H2,1H3,(H,24,26). The molecule has 8 nitrogen and oxygen atoms in total. The second-order valence-corrected chi connectivity index (χ2v) is 6.38. The third-order valence-electron chi connectivity index (χ3n) is 4.40. The van der Waals surface area contributed by atoms with Crippen LogP contribution in [0.5, 0.6) is 11.8 Å². The molecule has 29 heavy (non-hydrogen) atoms. The van der Waals surface area contributed by atoms with E-state index in [1.807, 2.05) is 6.92 Å². The summed E-state index contributed by atoms with van der Waals surface area (Å²) in [5.74, 6) is 0.331. The van der Waals surface area contributed by atoms with Gasteiger partial charge < -0.3 is 14.8 Å². The first-order valence-corrected chi connectivity index (χ1v) is 9.01. The van der Waals surface area contributed by atoms with E-state index in [9.17, 15) is 9.59 Å². The van der Waals surface area contributed by atoms with Gasteiger partial charge in [-0.15, -0.1) is 0 Å². The van der Waals surface area contributed by atoms with Gasteiger partial charge in [-0.25, -0.2) is 14.8 Å². The van der Waals surface area contributed by atoms with E-state index >= 15 is 0 Å². The molecule has 8 heteroatoms. The number of carbonyl (C=O) groups is 2. The van der Waals surface area contributed by atoms with Crippen LogP contribution in [0.4, 0.5) is 16.2 Å². The van der Waals surface area contributed by atoms with Crippen molar-refractivity contribution >= 4 is 23.4 Å². The lowest BCUT2D eigenvalue weighted by molar-refractivity contribution is 0.102. The summed E-state index contributed by atoms with van der Waals surface area (Å²) in [6.45, 7) is 2.75.